The second kappa shape index (κ2) is 6.49. The van der Waals surface area contributed by atoms with Crippen molar-refractivity contribution >= 4 is 0 Å². The van der Waals surface area contributed by atoms with Crippen LogP contribution in [0.15, 0.2) is 18.2 Å². The number of benzene rings is 1. The Morgan fingerprint density at radius 3 is 2.80 bits per heavy atom. The van der Waals surface area contributed by atoms with Crippen LogP contribution < -0.4 is 4.74 Å². The van der Waals surface area contributed by atoms with E-state index in [2.05, 4.69) is 32.9 Å². The van der Waals surface area contributed by atoms with Crippen LogP contribution in [0.2, 0.25) is 0 Å². The highest BCUT2D eigenvalue weighted by atomic mass is 16.5. The first kappa shape index (κ1) is 12.1. The first-order valence-corrected chi connectivity index (χ1v) is 5.85. The first-order valence-electron chi connectivity index (χ1n) is 5.85. The average molecular weight is 205 g/mol. The van der Waals surface area contributed by atoms with Gasteiger partial charge in [0.2, 0.25) is 0 Å². The van der Waals surface area contributed by atoms with Crippen molar-refractivity contribution in [1.82, 2.24) is 0 Å². The monoisotopic (exact) mass is 205 g/mol. The Bertz CT molecular complexity index is 278. The average Bonchev–Trinajstić information content (AvgIpc) is 2.18. The molecule has 0 bridgehead atoms. The van der Waals surface area contributed by atoms with E-state index in [1.165, 1.54) is 12.0 Å². The van der Waals surface area contributed by atoms with Gasteiger partial charge >= 0.3 is 0 Å². The van der Waals surface area contributed by atoms with Crippen molar-refractivity contribution in [2.24, 2.45) is 5.92 Å². The van der Waals surface area contributed by atoms with E-state index in [4.69, 9.17) is 4.74 Å². The van der Waals surface area contributed by atoms with Crippen molar-refractivity contribution in [2.75, 3.05) is 6.61 Å². The molecule has 1 nitrogen and oxygen atoms in total. The summed E-state index contributed by atoms with van der Waals surface area (Å²) < 4.78 is 5.64. The number of unbranched alkanes of at least 4 members (excludes halogenated alkanes) is 1. The molecule has 1 aromatic rings. The second-order valence-corrected chi connectivity index (χ2v) is 4.38. The largest absolute Gasteiger partial charge is 0.494 e. The summed E-state index contributed by atoms with van der Waals surface area (Å²) >= 11 is 0. The molecule has 0 amide bonds. The molecule has 1 aromatic carbocycles. The summed E-state index contributed by atoms with van der Waals surface area (Å²) in [6.07, 6.45) is 3.39. The normalized spacial score (nSPS) is 10.7. The summed E-state index contributed by atoms with van der Waals surface area (Å²) in [4.78, 5) is 0. The third-order valence-electron chi connectivity index (χ3n) is 2.23. The second-order valence-electron chi connectivity index (χ2n) is 4.38. The molecular formula is C14H21O. The molecule has 1 radical (unpaired) electrons. The van der Waals surface area contributed by atoms with Crippen LogP contribution in [-0.4, -0.2) is 6.61 Å². The van der Waals surface area contributed by atoms with Gasteiger partial charge in [-0.15, -0.1) is 0 Å². The maximum absolute atomic E-state index is 5.64. The maximum atomic E-state index is 5.64. The molecule has 0 N–H and O–H groups in total. The van der Waals surface area contributed by atoms with Crippen LogP contribution in [0.3, 0.4) is 0 Å². The Labute approximate surface area is 93.5 Å². The van der Waals surface area contributed by atoms with E-state index < -0.39 is 0 Å². The van der Waals surface area contributed by atoms with E-state index in [0.29, 0.717) is 5.92 Å². The van der Waals surface area contributed by atoms with Gasteiger partial charge in [-0.3, -0.25) is 0 Å². The van der Waals surface area contributed by atoms with Crippen molar-refractivity contribution in [3.63, 3.8) is 0 Å². The smallest absolute Gasteiger partial charge is 0.120 e. The zero-order valence-electron chi connectivity index (χ0n) is 10.0. The van der Waals surface area contributed by atoms with Crippen LogP contribution in [0.25, 0.3) is 0 Å². The first-order chi connectivity index (χ1) is 7.22. The Morgan fingerprint density at radius 1 is 1.33 bits per heavy atom. The summed E-state index contributed by atoms with van der Waals surface area (Å²) in [6, 6.07) is 9.23. The van der Waals surface area contributed by atoms with E-state index in [1.54, 1.807) is 0 Å². The molecule has 0 saturated carbocycles. The zero-order chi connectivity index (χ0) is 11.1. The van der Waals surface area contributed by atoms with Crippen molar-refractivity contribution in [3.8, 4) is 5.75 Å². The lowest BCUT2D eigenvalue weighted by atomic mass is 10.0. The molecule has 0 aliphatic rings. The molecule has 0 heterocycles. The Hall–Kier alpha value is -0.980. The van der Waals surface area contributed by atoms with Crippen LogP contribution in [0.1, 0.15) is 39.2 Å². The van der Waals surface area contributed by atoms with Crippen LogP contribution in [0.5, 0.6) is 5.75 Å². The minimum Gasteiger partial charge on any atom is -0.494 e. The quantitative estimate of drug-likeness (QED) is 0.641. The van der Waals surface area contributed by atoms with Crippen molar-refractivity contribution in [3.05, 3.63) is 29.8 Å². The predicted octanol–water partition coefficient (Wildman–Crippen LogP) is 3.86. The van der Waals surface area contributed by atoms with Gasteiger partial charge in [-0.25, -0.2) is 0 Å². The molecule has 0 spiro atoms. The minimum atomic E-state index is 0.685. The topological polar surface area (TPSA) is 9.23 Å². The Morgan fingerprint density at radius 2 is 2.13 bits per heavy atom. The highest BCUT2D eigenvalue weighted by molar-refractivity contribution is 5.27. The lowest BCUT2D eigenvalue weighted by Crippen LogP contribution is -1.98. The SMILES string of the molecule is CCCCOc1c[c]cc(CC(C)C)c1. The third kappa shape index (κ3) is 4.87. The van der Waals surface area contributed by atoms with E-state index in [1.807, 2.05) is 12.1 Å². The number of rotatable bonds is 6. The van der Waals surface area contributed by atoms with E-state index in [-0.39, 0.29) is 0 Å². The van der Waals surface area contributed by atoms with Crippen molar-refractivity contribution in [2.45, 2.75) is 40.0 Å². The van der Waals surface area contributed by atoms with Crippen LogP contribution in [0.4, 0.5) is 0 Å². The van der Waals surface area contributed by atoms with Gasteiger partial charge in [-0.2, -0.15) is 0 Å². The predicted molar refractivity (Wildman–Crippen MR) is 64.2 cm³/mol. The zero-order valence-corrected chi connectivity index (χ0v) is 10.0. The van der Waals surface area contributed by atoms with Crippen LogP contribution in [0, 0.1) is 12.0 Å². The van der Waals surface area contributed by atoms with Gasteiger partial charge in [-0.1, -0.05) is 33.3 Å². The summed E-state index contributed by atoms with van der Waals surface area (Å²) in [5, 5.41) is 0. The van der Waals surface area contributed by atoms with Crippen molar-refractivity contribution < 1.29 is 4.74 Å². The molecule has 1 rings (SSSR count). The summed E-state index contributed by atoms with van der Waals surface area (Å²) in [5.74, 6) is 1.64. The fourth-order valence-corrected chi connectivity index (χ4v) is 1.50. The third-order valence-corrected chi connectivity index (χ3v) is 2.23. The molecule has 0 fully saturated rings. The molecular weight excluding hydrogens is 184 g/mol. The highest BCUT2D eigenvalue weighted by Gasteiger charge is 1.99. The molecule has 0 aliphatic carbocycles. The molecule has 0 saturated heterocycles. The number of ether oxygens (including phenoxy) is 1. The van der Waals surface area contributed by atoms with Gasteiger partial charge in [0.15, 0.2) is 0 Å². The fourth-order valence-electron chi connectivity index (χ4n) is 1.50. The fraction of sp³-hybridized carbons (Fsp3) is 0.571. The van der Waals surface area contributed by atoms with E-state index in [0.717, 1.165) is 25.2 Å². The minimum absolute atomic E-state index is 0.685. The molecule has 83 valence electrons. The number of hydrogen-bond acceptors (Lipinski definition) is 1. The van der Waals surface area contributed by atoms with Crippen LogP contribution in [-0.2, 0) is 6.42 Å². The van der Waals surface area contributed by atoms with Crippen molar-refractivity contribution in [1.29, 1.82) is 0 Å². The highest BCUT2D eigenvalue weighted by Crippen LogP contribution is 2.16. The van der Waals surface area contributed by atoms with Gasteiger partial charge in [0.05, 0.1) is 6.61 Å². The summed E-state index contributed by atoms with van der Waals surface area (Å²) in [5.41, 5.74) is 1.32. The maximum Gasteiger partial charge on any atom is 0.120 e. The van der Waals surface area contributed by atoms with Gasteiger partial charge in [0.25, 0.3) is 0 Å². The molecule has 1 heteroatoms. The van der Waals surface area contributed by atoms with Gasteiger partial charge < -0.3 is 4.74 Å². The molecule has 15 heavy (non-hydrogen) atoms. The molecule has 0 aliphatic heterocycles. The van der Waals surface area contributed by atoms with Gasteiger partial charge in [0, 0.05) is 0 Å². The Balaban J connectivity index is 2.50. The van der Waals surface area contributed by atoms with E-state index in [9.17, 15) is 0 Å². The standard InChI is InChI=1S/C14H21O/c1-4-5-9-15-14-8-6-7-13(11-14)10-12(2)3/h7-8,11-12H,4-5,9-10H2,1-3H3. The summed E-state index contributed by atoms with van der Waals surface area (Å²) in [6.45, 7) is 7.44. The van der Waals surface area contributed by atoms with Crippen LogP contribution >= 0.6 is 0 Å². The lowest BCUT2D eigenvalue weighted by molar-refractivity contribution is 0.309. The molecule has 0 atom stereocenters. The molecule has 0 unspecified atom stereocenters. The lowest BCUT2D eigenvalue weighted by Gasteiger charge is -2.08. The van der Waals surface area contributed by atoms with Gasteiger partial charge in [-0.05, 0) is 42.5 Å². The van der Waals surface area contributed by atoms with E-state index >= 15 is 0 Å². The molecule has 0 aromatic heterocycles. The Kier molecular flexibility index (Phi) is 5.23. The summed E-state index contributed by atoms with van der Waals surface area (Å²) in [7, 11) is 0. The number of hydrogen-bond donors (Lipinski definition) is 0. The van der Waals surface area contributed by atoms with Gasteiger partial charge in [0.1, 0.15) is 5.75 Å².